The van der Waals surface area contributed by atoms with Gasteiger partial charge in [-0.05, 0) is 48.8 Å². The number of oxime groups is 2. The predicted molar refractivity (Wildman–Crippen MR) is 108 cm³/mol. The number of hydrogen-bond donors (Lipinski definition) is 0. The van der Waals surface area contributed by atoms with Crippen molar-refractivity contribution >= 4 is 23.0 Å². The summed E-state index contributed by atoms with van der Waals surface area (Å²) in [5.74, 6) is -0.956. The van der Waals surface area contributed by atoms with E-state index in [4.69, 9.17) is 14.4 Å². The van der Waals surface area contributed by atoms with Gasteiger partial charge in [0.05, 0.1) is 7.11 Å². The van der Waals surface area contributed by atoms with Crippen LogP contribution < -0.4 is 0 Å². The summed E-state index contributed by atoms with van der Waals surface area (Å²) in [7, 11) is 2.63. The number of carbonyl (C=O) groups excluding carboxylic acids is 1. The molecule has 150 valence electrons. The second kappa shape index (κ2) is 8.68. The summed E-state index contributed by atoms with van der Waals surface area (Å²) in [5.41, 5.74) is 5.31. The molecule has 6 nitrogen and oxygen atoms in total. The number of rotatable bonds is 6. The highest BCUT2D eigenvalue weighted by Gasteiger charge is 2.21. The molecule has 0 radical (unpaired) electrons. The number of allylic oxidation sites excluding steroid dienone is 2. The molecule has 0 saturated carbocycles. The van der Waals surface area contributed by atoms with Gasteiger partial charge < -0.3 is 14.4 Å². The Balaban J connectivity index is 1.90. The zero-order valence-corrected chi connectivity index (χ0v) is 16.7. The van der Waals surface area contributed by atoms with Gasteiger partial charge in [0.1, 0.15) is 25.2 Å². The maximum atomic E-state index is 13.6. The molecule has 0 amide bonds. The Kier molecular flexibility index (Phi) is 6.07. The molecule has 1 aliphatic rings. The molecule has 0 spiro atoms. The molecule has 1 aliphatic carbocycles. The summed E-state index contributed by atoms with van der Waals surface area (Å²) in [6.45, 7) is 3.91. The second-order valence-electron chi connectivity index (χ2n) is 6.48. The molecule has 2 aromatic carbocycles. The predicted octanol–water partition coefficient (Wildman–Crippen LogP) is 4.00. The molecule has 0 bridgehead atoms. The smallest absolute Gasteiger partial charge is 0.360 e. The molecular formula is C22H21FN2O4. The summed E-state index contributed by atoms with van der Waals surface area (Å²) in [6, 6.07) is 10.0. The molecule has 0 unspecified atom stereocenters. The standard InChI is InChI=1S/C22H21FN2O4/c1-13-6-5-7-17(21(25-28-4)22(26)27-3)19(13)12-29-24-20-10-14(2)16-9-8-15(23)11-18(16)20/h5-11H,12H2,1-4H3/b24-20+,25-21+. The van der Waals surface area contributed by atoms with Gasteiger partial charge in [0, 0.05) is 16.7 Å². The molecule has 29 heavy (non-hydrogen) atoms. The Morgan fingerprint density at radius 2 is 1.90 bits per heavy atom. The molecule has 0 aromatic heterocycles. The highest BCUT2D eigenvalue weighted by molar-refractivity contribution is 6.43. The van der Waals surface area contributed by atoms with Crippen molar-refractivity contribution in [3.05, 3.63) is 76.1 Å². The third kappa shape index (κ3) is 4.18. The van der Waals surface area contributed by atoms with E-state index in [0.717, 1.165) is 22.3 Å². The lowest BCUT2D eigenvalue weighted by atomic mass is 9.99. The van der Waals surface area contributed by atoms with Crippen molar-refractivity contribution in [3.8, 4) is 0 Å². The minimum Gasteiger partial charge on any atom is -0.464 e. The van der Waals surface area contributed by atoms with Crippen molar-refractivity contribution in [1.82, 2.24) is 0 Å². The van der Waals surface area contributed by atoms with Crippen LogP contribution in [0.5, 0.6) is 0 Å². The molecule has 0 atom stereocenters. The maximum Gasteiger partial charge on any atom is 0.360 e. The van der Waals surface area contributed by atoms with Gasteiger partial charge in [0.2, 0.25) is 0 Å². The molecule has 0 N–H and O–H groups in total. The number of methoxy groups -OCH3 is 1. The van der Waals surface area contributed by atoms with Crippen LogP contribution in [0.3, 0.4) is 0 Å². The van der Waals surface area contributed by atoms with Crippen molar-refractivity contribution in [2.75, 3.05) is 14.2 Å². The first kappa shape index (κ1) is 20.3. The van der Waals surface area contributed by atoms with Crippen LogP contribution in [0.1, 0.15) is 34.7 Å². The first-order valence-corrected chi connectivity index (χ1v) is 8.93. The Bertz CT molecular complexity index is 1040. The zero-order valence-electron chi connectivity index (χ0n) is 16.7. The number of esters is 1. The fraction of sp³-hybridized carbons (Fsp3) is 0.227. The summed E-state index contributed by atoms with van der Waals surface area (Å²) in [4.78, 5) is 22.5. The van der Waals surface area contributed by atoms with E-state index in [-0.39, 0.29) is 18.1 Å². The van der Waals surface area contributed by atoms with Crippen LogP contribution in [0.15, 0.2) is 52.8 Å². The Labute approximate surface area is 168 Å². The SMILES string of the molecule is CO/N=C(/C(=O)OC)c1cccc(C)c1CO/N=C1\C=C(C)c2ccc(F)cc21. The van der Waals surface area contributed by atoms with Crippen LogP contribution in [-0.4, -0.2) is 31.6 Å². The van der Waals surface area contributed by atoms with E-state index in [1.807, 2.05) is 26.0 Å². The first-order chi connectivity index (χ1) is 14.0. The first-order valence-electron chi connectivity index (χ1n) is 8.93. The van der Waals surface area contributed by atoms with Gasteiger partial charge >= 0.3 is 5.97 Å². The zero-order chi connectivity index (χ0) is 21.0. The monoisotopic (exact) mass is 396 g/mol. The van der Waals surface area contributed by atoms with Crippen molar-refractivity contribution < 1.29 is 23.6 Å². The second-order valence-corrected chi connectivity index (χ2v) is 6.48. The van der Waals surface area contributed by atoms with Crippen LogP contribution in [0, 0.1) is 12.7 Å². The van der Waals surface area contributed by atoms with Gasteiger partial charge in [-0.3, -0.25) is 0 Å². The van der Waals surface area contributed by atoms with Gasteiger partial charge in [-0.2, -0.15) is 0 Å². The number of nitrogens with zero attached hydrogens (tertiary/aromatic N) is 2. The number of fused-ring (bicyclic) bond motifs is 1. The topological polar surface area (TPSA) is 69.5 Å². The van der Waals surface area contributed by atoms with Gasteiger partial charge in [-0.25, -0.2) is 9.18 Å². The quantitative estimate of drug-likeness (QED) is 0.421. The summed E-state index contributed by atoms with van der Waals surface area (Å²) in [5, 5.41) is 7.99. The van der Waals surface area contributed by atoms with E-state index >= 15 is 0 Å². The average molecular weight is 396 g/mol. The lowest BCUT2D eigenvalue weighted by Gasteiger charge is -2.12. The van der Waals surface area contributed by atoms with E-state index in [9.17, 15) is 9.18 Å². The molecule has 0 aliphatic heterocycles. The third-order valence-electron chi connectivity index (χ3n) is 4.63. The minimum absolute atomic E-state index is 0.0361. The van der Waals surface area contributed by atoms with Gasteiger partial charge in [-0.1, -0.05) is 34.6 Å². The van der Waals surface area contributed by atoms with Crippen molar-refractivity contribution in [1.29, 1.82) is 0 Å². The van der Waals surface area contributed by atoms with Crippen LogP contribution in [0.25, 0.3) is 5.57 Å². The normalized spacial score (nSPS) is 14.4. The Morgan fingerprint density at radius 1 is 1.10 bits per heavy atom. The summed E-state index contributed by atoms with van der Waals surface area (Å²) in [6.07, 6.45) is 1.84. The van der Waals surface area contributed by atoms with E-state index < -0.39 is 5.97 Å². The van der Waals surface area contributed by atoms with Crippen molar-refractivity contribution in [3.63, 3.8) is 0 Å². The van der Waals surface area contributed by atoms with Crippen molar-refractivity contribution in [2.45, 2.75) is 20.5 Å². The lowest BCUT2D eigenvalue weighted by molar-refractivity contribution is -0.132. The minimum atomic E-state index is -0.622. The number of hydrogen-bond acceptors (Lipinski definition) is 6. The van der Waals surface area contributed by atoms with E-state index in [2.05, 4.69) is 10.3 Å². The van der Waals surface area contributed by atoms with E-state index in [1.54, 1.807) is 18.2 Å². The third-order valence-corrected chi connectivity index (χ3v) is 4.63. The van der Waals surface area contributed by atoms with Gasteiger partial charge in [0.15, 0.2) is 5.71 Å². The highest BCUT2D eigenvalue weighted by Crippen LogP contribution is 2.28. The van der Waals surface area contributed by atoms with Crippen LogP contribution in [-0.2, 0) is 25.8 Å². The van der Waals surface area contributed by atoms with E-state index in [1.165, 1.54) is 26.4 Å². The molecule has 0 heterocycles. The number of halogens is 1. The summed E-state index contributed by atoms with van der Waals surface area (Å²) < 4.78 is 18.4. The maximum absolute atomic E-state index is 13.6. The largest absolute Gasteiger partial charge is 0.464 e. The molecule has 0 fully saturated rings. The van der Waals surface area contributed by atoms with Gasteiger partial charge in [0.25, 0.3) is 0 Å². The number of carbonyl (C=O) groups is 1. The average Bonchev–Trinajstić information content (AvgIpc) is 3.01. The highest BCUT2D eigenvalue weighted by atomic mass is 19.1. The molecule has 0 saturated heterocycles. The van der Waals surface area contributed by atoms with Crippen LogP contribution in [0.2, 0.25) is 0 Å². The molecule has 3 rings (SSSR count). The van der Waals surface area contributed by atoms with Gasteiger partial charge in [-0.15, -0.1) is 0 Å². The summed E-state index contributed by atoms with van der Waals surface area (Å²) >= 11 is 0. The van der Waals surface area contributed by atoms with Crippen LogP contribution in [0.4, 0.5) is 4.39 Å². The Hall–Kier alpha value is -3.48. The lowest BCUT2D eigenvalue weighted by Crippen LogP contribution is -2.20. The number of aryl methyl sites for hydroxylation is 1. The van der Waals surface area contributed by atoms with Crippen LogP contribution >= 0.6 is 0 Å². The molecule has 7 heteroatoms. The Morgan fingerprint density at radius 3 is 2.62 bits per heavy atom. The van der Waals surface area contributed by atoms with E-state index in [0.29, 0.717) is 16.8 Å². The number of ether oxygens (including phenoxy) is 1. The number of benzene rings is 2. The fourth-order valence-corrected chi connectivity index (χ4v) is 3.17. The van der Waals surface area contributed by atoms with Crippen molar-refractivity contribution in [2.24, 2.45) is 10.3 Å². The molecular weight excluding hydrogens is 375 g/mol. The molecule has 2 aromatic rings. The fourth-order valence-electron chi connectivity index (χ4n) is 3.17.